The highest BCUT2D eigenvalue weighted by atomic mass is 16.3. The molecule has 0 bridgehead atoms. The van der Waals surface area contributed by atoms with E-state index in [0.717, 1.165) is 16.8 Å². The van der Waals surface area contributed by atoms with Crippen molar-refractivity contribution in [2.24, 2.45) is 4.99 Å². The van der Waals surface area contributed by atoms with Crippen molar-refractivity contribution >= 4 is 22.8 Å². The van der Waals surface area contributed by atoms with Crippen LogP contribution in [0.3, 0.4) is 0 Å². The number of nitrogens with zero attached hydrogens (tertiary/aromatic N) is 1. The molecule has 0 radical (unpaired) electrons. The molecule has 4 heteroatoms. The number of H-pyrrole nitrogens is 1. The van der Waals surface area contributed by atoms with E-state index in [0.29, 0.717) is 10.9 Å². The number of aromatic nitrogens is 1. The summed E-state index contributed by atoms with van der Waals surface area (Å²) in [4.78, 5) is 19.2. The number of rotatable bonds is 2. The minimum atomic E-state index is -0.355. The zero-order valence-corrected chi connectivity index (χ0v) is 12.4. The Kier molecular flexibility index (Phi) is 3.51. The minimum Gasteiger partial charge on any atom is -0.506 e. The van der Waals surface area contributed by atoms with Crippen LogP contribution in [0.25, 0.3) is 10.9 Å². The van der Waals surface area contributed by atoms with E-state index in [2.05, 4.69) is 9.98 Å². The quantitative estimate of drug-likeness (QED) is 0.709. The van der Waals surface area contributed by atoms with E-state index < -0.39 is 0 Å². The molecule has 0 aliphatic heterocycles. The molecule has 4 nitrogen and oxygen atoms in total. The number of aromatic amines is 1. The molecule has 0 atom stereocenters. The summed E-state index contributed by atoms with van der Waals surface area (Å²) in [7, 11) is 0. The Morgan fingerprint density at radius 2 is 1.91 bits per heavy atom. The molecule has 0 amide bonds. The fraction of sp³-hybridized carbons (Fsp3) is 0.111. The Labute approximate surface area is 127 Å². The highest BCUT2D eigenvalue weighted by molar-refractivity contribution is 5.96. The number of hydrogen-bond acceptors (Lipinski definition) is 3. The summed E-state index contributed by atoms with van der Waals surface area (Å²) in [5, 5.41) is 11.1. The van der Waals surface area contributed by atoms with Crippen LogP contribution in [0.5, 0.6) is 5.75 Å². The van der Waals surface area contributed by atoms with E-state index in [9.17, 15) is 9.90 Å². The minimum absolute atomic E-state index is 0.0340. The summed E-state index contributed by atoms with van der Waals surface area (Å²) in [5.74, 6) is -0.0340. The van der Waals surface area contributed by atoms with Crippen molar-refractivity contribution in [1.82, 2.24) is 4.98 Å². The summed E-state index contributed by atoms with van der Waals surface area (Å²) in [6.07, 6.45) is 1.41. The Hall–Kier alpha value is -2.88. The molecule has 1 heterocycles. The van der Waals surface area contributed by atoms with Crippen molar-refractivity contribution in [2.75, 3.05) is 0 Å². The maximum atomic E-state index is 12.1. The summed E-state index contributed by atoms with van der Waals surface area (Å²) in [6.45, 7) is 3.87. The van der Waals surface area contributed by atoms with Gasteiger partial charge in [-0.1, -0.05) is 24.3 Å². The molecule has 0 aliphatic carbocycles. The van der Waals surface area contributed by atoms with Crippen LogP contribution in [-0.4, -0.2) is 16.3 Å². The van der Waals surface area contributed by atoms with Crippen LogP contribution in [-0.2, 0) is 0 Å². The second-order valence-electron chi connectivity index (χ2n) is 5.31. The van der Waals surface area contributed by atoms with Crippen LogP contribution in [0.1, 0.15) is 16.7 Å². The van der Waals surface area contributed by atoms with Crippen LogP contribution in [0.15, 0.2) is 52.3 Å². The lowest BCUT2D eigenvalue weighted by Crippen LogP contribution is -2.12. The molecule has 0 fully saturated rings. The van der Waals surface area contributed by atoms with Crippen LogP contribution < -0.4 is 5.56 Å². The predicted molar refractivity (Wildman–Crippen MR) is 89.4 cm³/mol. The van der Waals surface area contributed by atoms with E-state index >= 15 is 0 Å². The van der Waals surface area contributed by atoms with Crippen LogP contribution in [0.4, 0.5) is 5.69 Å². The molecular weight excluding hydrogens is 276 g/mol. The maximum Gasteiger partial charge on any atom is 0.261 e. The van der Waals surface area contributed by atoms with E-state index in [-0.39, 0.29) is 16.9 Å². The monoisotopic (exact) mass is 292 g/mol. The van der Waals surface area contributed by atoms with Gasteiger partial charge in [0.1, 0.15) is 11.3 Å². The number of aromatic hydroxyl groups is 1. The zero-order valence-electron chi connectivity index (χ0n) is 12.4. The average molecular weight is 292 g/mol. The Balaban J connectivity index is 2.15. The third-order valence-corrected chi connectivity index (χ3v) is 3.60. The lowest BCUT2D eigenvalue weighted by atomic mass is 10.1. The molecule has 0 spiro atoms. The number of fused-ring (bicyclic) bond motifs is 1. The van der Waals surface area contributed by atoms with Gasteiger partial charge in [0.25, 0.3) is 5.56 Å². The van der Waals surface area contributed by atoms with Crippen molar-refractivity contribution < 1.29 is 5.11 Å². The highest BCUT2D eigenvalue weighted by Crippen LogP contribution is 2.27. The molecule has 22 heavy (non-hydrogen) atoms. The molecule has 0 unspecified atom stereocenters. The van der Waals surface area contributed by atoms with Gasteiger partial charge in [-0.3, -0.25) is 9.79 Å². The Morgan fingerprint density at radius 1 is 1.14 bits per heavy atom. The molecule has 3 rings (SSSR count). The summed E-state index contributed by atoms with van der Waals surface area (Å²) < 4.78 is 0. The first kappa shape index (κ1) is 14.1. The number of aryl methyl sites for hydroxylation is 2. The summed E-state index contributed by atoms with van der Waals surface area (Å²) in [6, 6.07) is 13.1. The zero-order chi connectivity index (χ0) is 15.7. The number of pyridine rings is 1. The molecule has 3 aromatic rings. The van der Waals surface area contributed by atoms with Gasteiger partial charge in [0.15, 0.2) is 0 Å². The largest absolute Gasteiger partial charge is 0.506 e. The van der Waals surface area contributed by atoms with Crippen LogP contribution in [0, 0.1) is 13.8 Å². The van der Waals surface area contributed by atoms with E-state index in [1.165, 1.54) is 6.21 Å². The fourth-order valence-corrected chi connectivity index (χ4v) is 2.49. The molecule has 0 saturated carbocycles. The van der Waals surface area contributed by atoms with Gasteiger partial charge in [0.05, 0.1) is 11.2 Å². The van der Waals surface area contributed by atoms with E-state index in [1.54, 1.807) is 6.07 Å². The molecule has 110 valence electrons. The lowest BCUT2D eigenvalue weighted by Gasteiger charge is -2.06. The molecule has 1 aromatic heterocycles. The van der Waals surface area contributed by atoms with E-state index in [4.69, 9.17) is 0 Å². The van der Waals surface area contributed by atoms with Gasteiger partial charge in [-0.2, -0.15) is 0 Å². The van der Waals surface area contributed by atoms with Gasteiger partial charge in [-0.25, -0.2) is 0 Å². The molecule has 0 saturated heterocycles. The first-order valence-electron chi connectivity index (χ1n) is 7.01. The third-order valence-electron chi connectivity index (χ3n) is 3.60. The van der Waals surface area contributed by atoms with Gasteiger partial charge < -0.3 is 10.1 Å². The summed E-state index contributed by atoms with van der Waals surface area (Å²) in [5.41, 5.74) is 3.16. The Morgan fingerprint density at radius 3 is 2.68 bits per heavy atom. The van der Waals surface area contributed by atoms with Crippen molar-refractivity contribution in [3.05, 3.63) is 69.5 Å². The molecule has 2 aromatic carbocycles. The standard InChI is InChI=1S/C18H16N2O2/c1-11-5-3-7-13(9-11)19-10-14-17(21)16-12(2)6-4-8-15(16)20-18(14)22/h3-10H,1-2H3,(H2,20,21,22). The SMILES string of the molecule is Cc1cccc(N=Cc2c(O)c3c(C)cccc3[nH]c2=O)c1. The molecular formula is C18H16N2O2. The van der Waals surface area contributed by atoms with Gasteiger partial charge in [-0.05, 0) is 43.2 Å². The van der Waals surface area contributed by atoms with Crippen molar-refractivity contribution in [1.29, 1.82) is 0 Å². The third kappa shape index (κ3) is 2.51. The lowest BCUT2D eigenvalue weighted by molar-refractivity contribution is 0.479. The smallest absolute Gasteiger partial charge is 0.261 e. The van der Waals surface area contributed by atoms with Gasteiger partial charge in [0.2, 0.25) is 0 Å². The number of benzene rings is 2. The Bertz CT molecular complexity index is 939. The highest BCUT2D eigenvalue weighted by Gasteiger charge is 2.11. The van der Waals surface area contributed by atoms with Crippen LogP contribution >= 0.6 is 0 Å². The van der Waals surface area contributed by atoms with Crippen LogP contribution in [0.2, 0.25) is 0 Å². The topological polar surface area (TPSA) is 65.5 Å². The molecule has 2 N–H and O–H groups in total. The maximum absolute atomic E-state index is 12.1. The second kappa shape index (κ2) is 5.48. The second-order valence-corrected chi connectivity index (χ2v) is 5.31. The van der Waals surface area contributed by atoms with Crippen molar-refractivity contribution in [3.8, 4) is 5.75 Å². The summed E-state index contributed by atoms with van der Waals surface area (Å²) >= 11 is 0. The normalized spacial score (nSPS) is 11.4. The van der Waals surface area contributed by atoms with Crippen molar-refractivity contribution in [3.63, 3.8) is 0 Å². The van der Waals surface area contributed by atoms with Gasteiger partial charge >= 0.3 is 0 Å². The number of hydrogen-bond donors (Lipinski definition) is 2. The first-order valence-corrected chi connectivity index (χ1v) is 7.01. The predicted octanol–water partition coefficient (Wildman–Crippen LogP) is 3.60. The van der Waals surface area contributed by atoms with Crippen molar-refractivity contribution in [2.45, 2.75) is 13.8 Å². The number of aliphatic imine (C=N–C) groups is 1. The first-order chi connectivity index (χ1) is 10.6. The average Bonchev–Trinajstić information content (AvgIpc) is 2.46. The van der Waals surface area contributed by atoms with E-state index in [1.807, 2.05) is 50.2 Å². The van der Waals surface area contributed by atoms with Gasteiger partial charge in [-0.15, -0.1) is 0 Å². The number of nitrogens with one attached hydrogen (secondary N) is 1. The fourth-order valence-electron chi connectivity index (χ4n) is 2.49. The van der Waals surface area contributed by atoms with Gasteiger partial charge in [0, 0.05) is 11.6 Å². The molecule has 0 aliphatic rings.